The Kier molecular flexibility index (Phi) is 17.7. The Morgan fingerprint density at radius 1 is 0.563 bits per heavy atom. The number of nitrogens with zero attached hydrogens (tertiary/aromatic N) is 6. The number of fused-ring (bicyclic) bond motifs is 10. The van der Waals surface area contributed by atoms with Crippen LogP contribution in [0.3, 0.4) is 0 Å². The Hall–Kier alpha value is -7.83. The summed E-state index contributed by atoms with van der Waals surface area (Å²) in [4.78, 5) is 68.8. The zero-order chi connectivity index (χ0) is 62.4. The van der Waals surface area contributed by atoms with E-state index in [0.717, 1.165) is 115 Å². The fourth-order valence-electron chi connectivity index (χ4n) is 12.9. The average Bonchev–Trinajstić information content (AvgIpc) is 1.61. The van der Waals surface area contributed by atoms with E-state index in [2.05, 4.69) is 14.0 Å². The van der Waals surface area contributed by atoms with Gasteiger partial charge in [-0.2, -0.15) is 25.4 Å². The van der Waals surface area contributed by atoms with Gasteiger partial charge in [-0.1, -0.05) is 50.7 Å². The Morgan fingerprint density at radius 3 is 1.36 bits per heavy atom. The zero-order valence-corrected chi connectivity index (χ0v) is 52.1. The number of hydrogen-bond donors (Lipinski definition) is 4. The first-order valence-corrected chi connectivity index (χ1v) is 32.3. The van der Waals surface area contributed by atoms with E-state index in [1.165, 1.54) is 60.4 Å². The van der Waals surface area contributed by atoms with E-state index < -0.39 is 43.8 Å². The van der Waals surface area contributed by atoms with Crippen LogP contribution in [-0.2, 0) is 47.9 Å². The van der Waals surface area contributed by atoms with E-state index in [-0.39, 0.29) is 53.4 Å². The first kappa shape index (κ1) is 62.2. The molecule has 0 spiro atoms. The highest BCUT2D eigenvalue weighted by Gasteiger charge is 2.37. The van der Waals surface area contributed by atoms with Crippen LogP contribution >= 0.6 is 0 Å². The molecule has 23 heteroatoms. The van der Waals surface area contributed by atoms with Gasteiger partial charge in [0.05, 0.1) is 44.3 Å². The number of benzene rings is 4. The topological polar surface area (TPSA) is 259 Å². The molecule has 5 aliphatic rings. The fraction of sp³-hybridized carbons (Fsp3) is 0.422. The number of aromatic nitrogens is 2. The number of carboxylic acids is 1. The number of piperazine rings is 1. The summed E-state index contributed by atoms with van der Waals surface area (Å²) in [7, 11) is 0.586. The highest BCUT2D eigenvalue weighted by Crippen LogP contribution is 2.49. The first-order chi connectivity index (χ1) is 41.3. The SMILES string of the molecule is COc1ccc2c(c1)C=C(C(=O)N1CCN(C(=O)C(C)(C)O)CC1)Cn1c-2c(C2CCCCC2)c2ccc(C(=O)NS(=O)(=O)N(C)C)cc21.COc1ccc2c(c1)C=C(C(=O)O)Cn1c-2c(C2CCCCC2)c2ccc(C(=O)NS(=O)(=O)N(C)C)cc21. The summed E-state index contributed by atoms with van der Waals surface area (Å²) in [5.41, 5.74) is 8.76. The molecule has 2 aromatic heterocycles. The fourth-order valence-corrected chi connectivity index (χ4v) is 13.9. The maximum absolute atomic E-state index is 14.3. The Balaban J connectivity index is 0.000000199. The van der Waals surface area contributed by atoms with E-state index in [1.807, 2.05) is 59.2 Å². The van der Waals surface area contributed by atoms with Gasteiger partial charge < -0.3 is 38.6 Å². The number of aliphatic hydroxyl groups is 1. The van der Waals surface area contributed by atoms with Gasteiger partial charge in [0, 0.05) is 104 Å². The molecular formula is C64H76N8O13S2. The summed E-state index contributed by atoms with van der Waals surface area (Å²) in [6, 6.07) is 22.0. The van der Waals surface area contributed by atoms with Crippen molar-refractivity contribution in [3.8, 4) is 34.0 Å². The third-order valence-electron chi connectivity index (χ3n) is 17.4. The third-order valence-corrected chi connectivity index (χ3v) is 20.2. The van der Waals surface area contributed by atoms with Crippen LogP contribution in [0.4, 0.5) is 0 Å². The molecule has 4 aromatic carbocycles. The molecule has 3 fully saturated rings. The molecule has 3 aliphatic heterocycles. The quantitative estimate of drug-likeness (QED) is 0.0853. The Labute approximate surface area is 507 Å². The predicted molar refractivity (Wildman–Crippen MR) is 333 cm³/mol. The van der Waals surface area contributed by atoms with Gasteiger partial charge >= 0.3 is 26.4 Å². The van der Waals surface area contributed by atoms with E-state index in [4.69, 9.17) is 9.47 Å². The highest BCUT2D eigenvalue weighted by molar-refractivity contribution is 7.88. The molecule has 6 aromatic rings. The van der Waals surface area contributed by atoms with Crippen molar-refractivity contribution >= 4 is 84.0 Å². The van der Waals surface area contributed by atoms with Gasteiger partial charge in [-0.15, -0.1) is 0 Å². The van der Waals surface area contributed by atoms with Crippen molar-refractivity contribution < 1.29 is 60.5 Å². The summed E-state index contributed by atoms with van der Waals surface area (Å²) < 4.78 is 70.8. The van der Waals surface area contributed by atoms with Crippen molar-refractivity contribution in [1.82, 2.24) is 37.0 Å². The zero-order valence-electron chi connectivity index (χ0n) is 50.4. The minimum absolute atomic E-state index is 0.103. The van der Waals surface area contributed by atoms with Gasteiger partial charge in [0.1, 0.15) is 17.1 Å². The number of nitrogens with one attached hydrogen (secondary N) is 2. The lowest BCUT2D eigenvalue weighted by atomic mass is 9.81. The van der Waals surface area contributed by atoms with Crippen molar-refractivity contribution in [3.05, 3.63) is 117 Å². The number of carbonyl (C=O) groups excluding carboxylic acids is 4. The van der Waals surface area contributed by atoms with Gasteiger partial charge in [-0.05, 0) is 146 Å². The lowest BCUT2D eigenvalue weighted by Gasteiger charge is -2.37. The molecule has 11 rings (SSSR count). The van der Waals surface area contributed by atoms with Crippen LogP contribution < -0.4 is 18.9 Å². The standard InChI is InChI=1S/C36H45N5O7S.C28H31N3O6S/c1-36(2,45)35(44)40-17-15-39(16-18-40)34(43)26-19-25-20-27(48-5)12-14-28(25)32-31(23-9-7-6-8-10-23)29-13-11-24(21-30(29)41(32)22-26)33(42)37-49(46,47)38(3)4;1-30(2)38(35,36)29-27(32)18-9-11-23-24(15-18)31-16-20(28(33)34)13-19-14-21(37-3)10-12-22(19)26(31)25(23)17-7-5-4-6-8-17/h11-14,19-21,23,45H,6-10,15-18,22H2,1-5H3,(H,37,42);9-15,17H,4-8,16H2,1-3H3,(H,29,32)(H,33,34). The molecule has 0 atom stereocenters. The maximum Gasteiger partial charge on any atom is 0.333 e. The summed E-state index contributed by atoms with van der Waals surface area (Å²) in [5.74, 6) is -1.20. The smallest absolute Gasteiger partial charge is 0.333 e. The monoisotopic (exact) mass is 1230 g/mol. The van der Waals surface area contributed by atoms with E-state index in [0.29, 0.717) is 48.8 Å². The average molecular weight is 1230 g/mol. The van der Waals surface area contributed by atoms with Crippen molar-refractivity contribution in [2.75, 3.05) is 68.6 Å². The molecule has 5 heterocycles. The molecule has 87 heavy (non-hydrogen) atoms. The van der Waals surface area contributed by atoms with Crippen LogP contribution in [0.25, 0.3) is 56.5 Å². The van der Waals surface area contributed by atoms with E-state index >= 15 is 0 Å². The molecule has 1 saturated heterocycles. The number of rotatable bonds is 13. The minimum Gasteiger partial charge on any atom is -0.497 e. The number of amides is 4. The second-order valence-corrected chi connectivity index (χ2v) is 27.7. The normalized spacial score (nSPS) is 16.7. The number of aliphatic carboxylic acids is 1. The van der Waals surface area contributed by atoms with Gasteiger partial charge in [0.2, 0.25) is 0 Å². The predicted octanol–water partition coefficient (Wildman–Crippen LogP) is 8.12. The number of ether oxygens (including phenoxy) is 2. The molecule has 0 bridgehead atoms. The summed E-state index contributed by atoms with van der Waals surface area (Å²) >= 11 is 0. The number of carboxylic acid groups (broad SMARTS) is 1. The summed E-state index contributed by atoms with van der Waals surface area (Å²) in [5, 5.41) is 22.2. The molecule has 4 amide bonds. The van der Waals surface area contributed by atoms with Crippen molar-refractivity contribution in [2.24, 2.45) is 0 Å². The maximum atomic E-state index is 14.3. The first-order valence-electron chi connectivity index (χ1n) is 29.4. The minimum atomic E-state index is -4.01. The van der Waals surface area contributed by atoms with Gasteiger partial charge in [0.25, 0.3) is 23.6 Å². The van der Waals surface area contributed by atoms with Crippen LogP contribution in [0, 0.1) is 0 Å². The van der Waals surface area contributed by atoms with Gasteiger partial charge in [0.15, 0.2) is 0 Å². The van der Waals surface area contributed by atoms with Crippen molar-refractivity contribution in [3.63, 3.8) is 0 Å². The lowest BCUT2D eigenvalue weighted by molar-refractivity contribution is -0.151. The van der Waals surface area contributed by atoms with E-state index in [1.54, 1.807) is 54.4 Å². The molecular weight excluding hydrogens is 1150 g/mol. The third kappa shape index (κ3) is 12.5. The van der Waals surface area contributed by atoms with Crippen molar-refractivity contribution in [1.29, 1.82) is 0 Å². The molecule has 2 saturated carbocycles. The van der Waals surface area contributed by atoms with Crippen LogP contribution in [0.15, 0.2) is 83.9 Å². The van der Waals surface area contributed by atoms with Crippen LogP contribution in [0.2, 0.25) is 0 Å². The number of methoxy groups -OCH3 is 2. The van der Waals surface area contributed by atoms with Crippen LogP contribution in [0.1, 0.15) is 133 Å². The van der Waals surface area contributed by atoms with Crippen LogP contribution in [-0.4, -0.2) is 158 Å². The Morgan fingerprint density at radius 2 is 0.966 bits per heavy atom. The lowest BCUT2D eigenvalue weighted by Crippen LogP contribution is -2.55. The van der Waals surface area contributed by atoms with Gasteiger partial charge in [-0.25, -0.2) is 14.2 Å². The second-order valence-electron chi connectivity index (χ2n) is 24.0. The number of hydrogen-bond acceptors (Lipinski definition) is 12. The Bertz CT molecular complexity index is 4040. The molecule has 4 N–H and O–H groups in total. The number of carbonyl (C=O) groups is 5. The molecule has 2 aliphatic carbocycles. The van der Waals surface area contributed by atoms with Gasteiger partial charge in [-0.3, -0.25) is 19.2 Å². The molecule has 0 unspecified atom stereocenters. The molecule has 462 valence electrons. The summed E-state index contributed by atoms with van der Waals surface area (Å²) in [6.07, 6.45) is 14.5. The largest absolute Gasteiger partial charge is 0.497 e. The van der Waals surface area contributed by atoms with Crippen molar-refractivity contribution in [2.45, 2.75) is 109 Å². The van der Waals surface area contributed by atoms with Crippen LogP contribution in [0.5, 0.6) is 11.5 Å². The highest BCUT2D eigenvalue weighted by atomic mass is 32.2. The molecule has 21 nitrogen and oxygen atoms in total. The molecule has 0 radical (unpaired) electrons. The van der Waals surface area contributed by atoms with E-state index in [9.17, 15) is 51.0 Å². The summed E-state index contributed by atoms with van der Waals surface area (Å²) in [6.45, 7) is 4.51. The second kappa shape index (κ2) is 24.7.